The number of halogens is 1. The molecule has 0 spiro atoms. The van der Waals surface area contributed by atoms with Crippen LogP contribution in [0.5, 0.6) is 11.5 Å². The van der Waals surface area contributed by atoms with Gasteiger partial charge in [-0.15, -0.1) is 0 Å². The second-order valence-electron chi connectivity index (χ2n) is 9.36. The van der Waals surface area contributed by atoms with Crippen LogP contribution in [0.15, 0.2) is 94.7 Å². The molecule has 16 heteroatoms. The Balaban J connectivity index is 1.64. The number of anilines is 3. The normalized spacial score (nSPS) is 11.4. The van der Waals surface area contributed by atoms with E-state index in [0.717, 1.165) is 12.1 Å². The van der Waals surface area contributed by atoms with Gasteiger partial charge in [0.1, 0.15) is 18.0 Å². The number of hydrogen-bond acceptors (Lipinski definition) is 9. The zero-order chi connectivity index (χ0) is 32.9. The van der Waals surface area contributed by atoms with Gasteiger partial charge in [0, 0.05) is 22.8 Å². The van der Waals surface area contributed by atoms with E-state index in [-0.39, 0.29) is 22.0 Å². The number of nitro benzene ring substituents is 1. The third kappa shape index (κ3) is 7.28. The van der Waals surface area contributed by atoms with Gasteiger partial charge in [0.15, 0.2) is 4.90 Å². The lowest BCUT2D eigenvalue weighted by molar-refractivity contribution is -0.387. The zero-order valence-corrected chi connectivity index (χ0v) is 26.4. The highest BCUT2D eigenvalue weighted by Crippen LogP contribution is 2.37. The van der Waals surface area contributed by atoms with Gasteiger partial charge in [0.2, 0.25) is 5.91 Å². The van der Waals surface area contributed by atoms with Crippen molar-refractivity contribution in [3.05, 3.63) is 106 Å². The summed E-state index contributed by atoms with van der Waals surface area (Å²) >= 11 is 6.09. The molecule has 0 atom stereocenters. The van der Waals surface area contributed by atoms with Crippen molar-refractivity contribution in [3.8, 4) is 11.5 Å². The number of sulfonamides is 2. The first-order chi connectivity index (χ1) is 21.3. The minimum atomic E-state index is -4.72. The van der Waals surface area contributed by atoms with Gasteiger partial charge in [-0.25, -0.2) is 16.8 Å². The highest BCUT2D eigenvalue weighted by atomic mass is 35.5. The van der Waals surface area contributed by atoms with Crippen molar-refractivity contribution in [2.75, 3.05) is 35.1 Å². The summed E-state index contributed by atoms with van der Waals surface area (Å²) < 4.78 is 67.4. The van der Waals surface area contributed by atoms with Gasteiger partial charge < -0.3 is 14.8 Å². The summed E-state index contributed by atoms with van der Waals surface area (Å²) in [5, 5.41) is 14.6. The maximum atomic E-state index is 13.9. The molecule has 236 valence electrons. The minimum absolute atomic E-state index is 0.0151. The van der Waals surface area contributed by atoms with Crippen molar-refractivity contribution in [1.82, 2.24) is 0 Å². The number of para-hydroxylation sites is 1. The number of ether oxygens (including phenoxy) is 2. The van der Waals surface area contributed by atoms with E-state index >= 15 is 0 Å². The van der Waals surface area contributed by atoms with Gasteiger partial charge in [0.05, 0.1) is 35.4 Å². The molecular formula is C29H27ClN4O9S2. The monoisotopic (exact) mass is 674 g/mol. The van der Waals surface area contributed by atoms with Crippen LogP contribution in [0.25, 0.3) is 0 Å². The molecule has 0 fully saturated rings. The molecular weight excluding hydrogens is 648 g/mol. The molecule has 4 aromatic carbocycles. The predicted octanol–water partition coefficient (Wildman–Crippen LogP) is 5.21. The Hall–Kier alpha value is -4.86. The molecule has 0 bridgehead atoms. The van der Waals surface area contributed by atoms with Crippen molar-refractivity contribution < 1.29 is 36.0 Å². The summed E-state index contributed by atoms with van der Waals surface area (Å²) in [7, 11) is -6.05. The highest BCUT2D eigenvalue weighted by molar-refractivity contribution is 7.93. The van der Waals surface area contributed by atoms with Crippen molar-refractivity contribution in [2.24, 2.45) is 0 Å². The molecule has 0 radical (unpaired) electrons. The number of carbonyl (C=O) groups excluding carboxylic acids is 1. The lowest BCUT2D eigenvalue weighted by atomic mass is 10.2. The number of nitro groups is 1. The van der Waals surface area contributed by atoms with Crippen LogP contribution in [0.4, 0.5) is 22.7 Å². The van der Waals surface area contributed by atoms with E-state index in [9.17, 15) is 31.7 Å². The fourth-order valence-electron chi connectivity index (χ4n) is 4.21. The Labute approximate surface area is 264 Å². The summed E-state index contributed by atoms with van der Waals surface area (Å²) in [5.41, 5.74) is 0.223. The molecule has 1 amide bonds. The average molecular weight is 675 g/mol. The summed E-state index contributed by atoms with van der Waals surface area (Å²) in [5.74, 6) is -0.488. The first kappa shape index (κ1) is 33.0. The molecule has 0 aliphatic carbocycles. The van der Waals surface area contributed by atoms with E-state index < -0.39 is 48.0 Å². The molecule has 13 nitrogen and oxygen atoms in total. The molecule has 0 unspecified atom stereocenters. The zero-order valence-electron chi connectivity index (χ0n) is 24.1. The van der Waals surface area contributed by atoms with Crippen LogP contribution in [0, 0.1) is 17.0 Å². The standard InChI is InChI=1S/C29H27ClN4O9S2/c1-19-23(30)7-6-8-24(19)32-44(38,39)22-14-11-20(12-15-22)31-29(35)18-33(25-16-13-21(42-2)17-27(25)43-3)45(40,41)28-10-5-4-9-26(28)34(36)37/h4-17,32H,18H2,1-3H3,(H,31,35). The molecule has 0 saturated heterocycles. The summed E-state index contributed by atoms with van der Waals surface area (Å²) in [6.07, 6.45) is 0. The second-order valence-corrected chi connectivity index (χ2v) is 13.3. The minimum Gasteiger partial charge on any atom is -0.497 e. The van der Waals surface area contributed by atoms with Crippen LogP contribution in [-0.2, 0) is 24.8 Å². The lowest BCUT2D eigenvalue weighted by Gasteiger charge is -2.25. The number of nitrogens with zero attached hydrogens (tertiary/aromatic N) is 2. The predicted molar refractivity (Wildman–Crippen MR) is 169 cm³/mol. The van der Waals surface area contributed by atoms with Gasteiger partial charge in [-0.05, 0) is 67.1 Å². The molecule has 0 saturated carbocycles. The highest BCUT2D eigenvalue weighted by Gasteiger charge is 2.34. The van der Waals surface area contributed by atoms with E-state index in [1.807, 2.05) is 0 Å². The topological polar surface area (TPSA) is 174 Å². The number of amides is 1. The number of methoxy groups -OCH3 is 2. The second kappa shape index (κ2) is 13.4. The number of carbonyl (C=O) groups is 1. The van der Waals surface area contributed by atoms with Gasteiger partial charge in [-0.1, -0.05) is 29.8 Å². The molecule has 0 aliphatic heterocycles. The van der Waals surface area contributed by atoms with E-state index in [4.69, 9.17) is 21.1 Å². The van der Waals surface area contributed by atoms with E-state index in [1.165, 1.54) is 68.8 Å². The SMILES string of the molecule is COc1ccc(N(CC(=O)Nc2ccc(S(=O)(=O)Nc3cccc(Cl)c3C)cc2)S(=O)(=O)c2ccccc2[N+](=O)[O-])c(OC)c1. The Bertz CT molecular complexity index is 1970. The van der Waals surface area contributed by atoms with Crippen LogP contribution in [-0.4, -0.2) is 48.4 Å². The quantitative estimate of drug-likeness (QED) is 0.151. The Kier molecular flexibility index (Phi) is 9.85. The molecule has 0 aromatic heterocycles. The third-order valence-electron chi connectivity index (χ3n) is 6.53. The average Bonchev–Trinajstić information content (AvgIpc) is 3.02. The first-order valence-electron chi connectivity index (χ1n) is 12.9. The first-order valence-corrected chi connectivity index (χ1v) is 16.2. The number of nitrogens with one attached hydrogen (secondary N) is 2. The van der Waals surface area contributed by atoms with Crippen LogP contribution < -0.4 is 23.8 Å². The Morgan fingerprint density at radius 1 is 0.933 bits per heavy atom. The number of rotatable bonds is 12. The summed E-state index contributed by atoms with van der Waals surface area (Å²) in [4.78, 5) is 23.3. The molecule has 2 N–H and O–H groups in total. The number of benzene rings is 4. The van der Waals surface area contributed by atoms with Crippen LogP contribution >= 0.6 is 11.6 Å². The third-order valence-corrected chi connectivity index (χ3v) is 10.1. The lowest BCUT2D eigenvalue weighted by Crippen LogP contribution is -2.38. The maximum absolute atomic E-state index is 13.9. The fraction of sp³-hybridized carbons (Fsp3) is 0.138. The van der Waals surface area contributed by atoms with E-state index in [1.54, 1.807) is 25.1 Å². The number of hydrogen-bond donors (Lipinski definition) is 2. The molecule has 0 heterocycles. The van der Waals surface area contributed by atoms with Gasteiger partial charge >= 0.3 is 0 Å². The molecule has 4 rings (SSSR count). The largest absolute Gasteiger partial charge is 0.497 e. The van der Waals surface area contributed by atoms with E-state index in [2.05, 4.69) is 10.0 Å². The van der Waals surface area contributed by atoms with Crippen molar-refractivity contribution >= 4 is 60.3 Å². The van der Waals surface area contributed by atoms with Crippen molar-refractivity contribution in [3.63, 3.8) is 0 Å². The maximum Gasteiger partial charge on any atom is 0.289 e. The van der Waals surface area contributed by atoms with Crippen LogP contribution in [0.2, 0.25) is 5.02 Å². The van der Waals surface area contributed by atoms with Crippen LogP contribution in [0.3, 0.4) is 0 Å². The van der Waals surface area contributed by atoms with Gasteiger partial charge in [-0.3, -0.25) is 23.9 Å². The molecule has 45 heavy (non-hydrogen) atoms. The van der Waals surface area contributed by atoms with Gasteiger partial charge in [-0.2, -0.15) is 0 Å². The summed E-state index contributed by atoms with van der Waals surface area (Å²) in [6, 6.07) is 18.9. The fourth-order valence-corrected chi connectivity index (χ4v) is 7.09. The summed E-state index contributed by atoms with van der Waals surface area (Å²) in [6.45, 7) is 0.840. The van der Waals surface area contributed by atoms with Crippen molar-refractivity contribution in [2.45, 2.75) is 16.7 Å². The Morgan fingerprint density at radius 2 is 1.62 bits per heavy atom. The van der Waals surface area contributed by atoms with Gasteiger partial charge in [0.25, 0.3) is 25.7 Å². The van der Waals surface area contributed by atoms with E-state index in [0.29, 0.717) is 26.3 Å². The molecule has 0 aliphatic rings. The van der Waals surface area contributed by atoms with Crippen molar-refractivity contribution in [1.29, 1.82) is 0 Å². The smallest absolute Gasteiger partial charge is 0.289 e. The van der Waals surface area contributed by atoms with Crippen LogP contribution in [0.1, 0.15) is 5.56 Å². The molecule has 4 aromatic rings. The Morgan fingerprint density at radius 3 is 2.27 bits per heavy atom.